The van der Waals surface area contributed by atoms with Crippen LogP contribution in [0, 0.1) is 23.7 Å². The zero-order chi connectivity index (χ0) is 19.8. The Morgan fingerprint density at radius 3 is 2.81 bits per heavy atom. The number of aliphatic hydroxyl groups is 1. The Balaban J connectivity index is 1.74. The van der Waals surface area contributed by atoms with Crippen molar-refractivity contribution in [1.29, 1.82) is 0 Å². The van der Waals surface area contributed by atoms with Crippen molar-refractivity contribution < 1.29 is 9.90 Å². The minimum atomic E-state index is -0.169. The maximum Gasteiger partial charge on any atom is 0.222 e. The van der Waals surface area contributed by atoms with Crippen molar-refractivity contribution in [2.24, 2.45) is 23.7 Å². The minimum Gasteiger partial charge on any atom is -0.392 e. The zero-order valence-electron chi connectivity index (χ0n) is 18.0. The molecule has 0 heterocycles. The molecule has 2 aliphatic rings. The molecule has 0 aromatic rings. The van der Waals surface area contributed by atoms with Crippen LogP contribution in [0.25, 0.3) is 0 Å². The van der Waals surface area contributed by atoms with Gasteiger partial charge in [-0.05, 0) is 56.3 Å². The van der Waals surface area contributed by atoms with Crippen LogP contribution in [0.1, 0.15) is 78.1 Å². The van der Waals surface area contributed by atoms with Crippen LogP contribution in [0.4, 0.5) is 0 Å². The number of rotatable bonds is 11. The smallest absolute Gasteiger partial charge is 0.222 e. The van der Waals surface area contributed by atoms with Gasteiger partial charge in [0.2, 0.25) is 5.91 Å². The summed E-state index contributed by atoms with van der Waals surface area (Å²) in [4.78, 5) is 13.3. The first kappa shape index (κ1) is 22.2. The number of aliphatic hydroxyl groups excluding tert-OH is 1. The van der Waals surface area contributed by atoms with Crippen LogP contribution in [0.3, 0.4) is 0 Å². The van der Waals surface area contributed by atoms with Gasteiger partial charge in [0.05, 0.1) is 6.10 Å². The van der Waals surface area contributed by atoms with E-state index in [-0.39, 0.29) is 12.0 Å². The Kier molecular flexibility index (Phi) is 9.08. The fraction of sp³-hybridized carbons (Fsp3) is 0.792. The molecule has 0 aromatic heterocycles. The lowest BCUT2D eigenvalue weighted by Crippen LogP contribution is -2.21. The summed E-state index contributed by atoms with van der Waals surface area (Å²) in [5.41, 5.74) is 1.56. The van der Waals surface area contributed by atoms with Gasteiger partial charge in [0.25, 0.3) is 0 Å². The standard InChI is InChI=1S/C24H41NO2/c1-5-6-10-18(2)11-9-13-21-22-16-19(15-20(22)17-23(21)26)12-7-8-14-24(27)25(3)4/h9,13,15,18,20-23,26H,5-8,10-12,14,16-17H2,1-4H3/t18-,20-,21+,22-,23+/m0/s1. The molecule has 154 valence electrons. The van der Waals surface area contributed by atoms with E-state index in [1.165, 1.54) is 19.3 Å². The molecule has 0 radical (unpaired) electrons. The molecule has 27 heavy (non-hydrogen) atoms. The van der Waals surface area contributed by atoms with Crippen molar-refractivity contribution in [3.05, 3.63) is 23.8 Å². The predicted octanol–water partition coefficient (Wildman–Crippen LogP) is 5.35. The van der Waals surface area contributed by atoms with Crippen molar-refractivity contribution in [2.75, 3.05) is 14.1 Å². The van der Waals surface area contributed by atoms with Crippen LogP contribution in [0.5, 0.6) is 0 Å². The molecule has 0 saturated heterocycles. The van der Waals surface area contributed by atoms with Crippen LogP contribution in [0.2, 0.25) is 0 Å². The topological polar surface area (TPSA) is 40.5 Å². The average molecular weight is 376 g/mol. The molecule has 1 N–H and O–H groups in total. The fourth-order valence-electron chi connectivity index (χ4n) is 4.78. The van der Waals surface area contributed by atoms with Gasteiger partial charge in [0, 0.05) is 26.4 Å². The number of allylic oxidation sites excluding steroid dienone is 3. The summed E-state index contributed by atoms with van der Waals surface area (Å²) in [5.74, 6) is 2.47. The van der Waals surface area contributed by atoms with Crippen LogP contribution in [-0.4, -0.2) is 36.1 Å². The van der Waals surface area contributed by atoms with Crippen LogP contribution in [-0.2, 0) is 4.79 Å². The lowest BCUT2D eigenvalue weighted by Gasteiger charge is -2.18. The Morgan fingerprint density at radius 2 is 2.11 bits per heavy atom. The van der Waals surface area contributed by atoms with Crippen molar-refractivity contribution >= 4 is 5.91 Å². The zero-order valence-corrected chi connectivity index (χ0v) is 18.0. The third kappa shape index (κ3) is 6.78. The summed E-state index contributed by atoms with van der Waals surface area (Å²) < 4.78 is 0. The van der Waals surface area contributed by atoms with Crippen molar-refractivity contribution in [3.63, 3.8) is 0 Å². The highest BCUT2D eigenvalue weighted by Crippen LogP contribution is 2.48. The summed E-state index contributed by atoms with van der Waals surface area (Å²) in [6, 6.07) is 0. The molecule has 2 aliphatic carbocycles. The number of carbonyl (C=O) groups is 1. The molecule has 2 rings (SSSR count). The Hall–Kier alpha value is -1.09. The predicted molar refractivity (Wildman–Crippen MR) is 113 cm³/mol. The van der Waals surface area contributed by atoms with Crippen LogP contribution in [0.15, 0.2) is 23.8 Å². The van der Waals surface area contributed by atoms with Crippen LogP contribution < -0.4 is 0 Å². The number of nitrogens with zero attached hydrogens (tertiary/aromatic N) is 1. The first-order chi connectivity index (χ1) is 12.9. The Bertz CT molecular complexity index is 522. The second kappa shape index (κ2) is 11.0. The SMILES string of the molecule is CCCC[C@H](C)CC=C[C@@H]1[C@H]2CC(CCCCC(=O)N(C)C)=C[C@H]2C[C@H]1O. The van der Waals surface area contributed by atoms with Gasteiger partial charge in [-0.25, -0.2) is 0 Å². The number of unbranched alkanes of at least 4 members (excludes halogenated alkanes) is 2. The third-order valence-corrected chi connectivity index (χ3v) is 6.53. The summed E-state index contributed by atoms with van der Waals surface area (Å²) >= 11 is 0. The Morgan fingerprint density at radius 1 is 1.33 bits per heavy atom. The minimum absolute atomic E-state index is 0.169. The number of hydrogen-bond acceptors (Lipinski definition) is 2. The van der Waals surface area contributed by atoms with Gasteiger partial charge in [-0.2, -0.15) is 0 Å². The average Bonchev–Trinajstić information content (AvgIpc) is 3.14. The number of hydrogen-bond donors (Lipinski definition) is 1. The number of fused-ring (bicyclic) bond motifs is 1. The second-order valence-corrected chi connectivity index (χ2v) is 9.14. The third-order valence-electron chi connectivity index (χ3n) is 6.53. The summed E-state index contributed by atoms with van der Waals surface area (Å²) in [6.07, 6.45) is 17.9. The highest BCUT2D eigenvalue weighted by atomic mass is 16.3. The molecule has 5 atom stereocenters. The van der Waals surface area contributed by atoms with E-state index in [0.29, 0.717) is 24.2 Å². The molecule has 1 amide bonds. The fourth-order valence-corrected chi connectivity index (χ4v) is 4.78. The summed E-state index contributed by atoms with van der Waals surface area (Å²) in [7, 11) is 3.65. The largest absolute Gasteiger partial charge is 0.392 e. The molecule has 0 bridgehead atoms. The van der Waals surface area contributed by atoms with E-state index in [1.54, 1.807) is 10.5 Å². The van der Waals surface area contributed by atoms with E-state index >= 15 is 0 Å². The van der Waals surface area contributed by atoms with E-state index in [4.69, 9.17) is 0 Å². The molecule has 0 aliphatic heterocycles. The van der Waals surface area contributed by atoms with E-state index in [2.05, 4.69) is 32.1 Å². The van der Waals surface area contributed by atoms with Gasteiger partial charge in [-0.3, -0.25) is 4.79 Å². The highest BCUT2D eigenvalue weighted by Gasteiger charge is 2.43. The summed E-state index contributed by atoms with van der Waals surface area (Å²) in [6.45, 7) is 4.59. The molecule has 0 spiro atoms. The van der Waals surface area contributed by atoms with Gasteiger partial charge in [0.1, 0.15) is 0 Å². The van der Waals surface area contributed by atoms with Crippen LogP contribution >= 0.6 is 0 Å². The summed E-state index contributed by atoms with van der Waals surface area (Å²) in [5, 5.41) is 10.5. The monoisotopic (exact) mass is 375 g/mol. The van der Waals surface area contributed by atoms with E-state index < -0.39 is 0 Å². The van der Waals surface area contributed by atoms with Crippen molar-refractivity contribution in [3.8, 4) is 0 Å². The quantitative estimate of drug-likeness (QED) is 0.390. The van der Waals surface area contributed by atoms with Gasteiger partial charge >= 0.3 is 0 Å². The molecular weight excluding hydrogens is 334 g/mol. The molecule has 0 aromatic carbocycles. The second-order valence-electron chi connectivity index (χ2n) is 9.14. The van der Waals surface area contributed by atoms with Gasteiger partial charge in [0.15, 0.2) is 0 Å². The highest BCUT2D eigenvalue weighted by molar-refractivity contribution is 5.75. The van der Waals surface area contributed by atoms with E-state index in [1.807, 2.05) is 14.1 Å². The first-order valence-electron chi connectivity index (χ1n) is 11.2. The normalized spacial score (nSPS) is 28.4. The van der Waals surface area contributed by atoms with E-state index in [9.17, 15) is 9.90 Å². The molecule has 1 fully saturated rings. The van der Waals surface area contributed by atoms with Gasteiger partial charge in [-0.1, -0.05) is 56.9 Å². The molecule has 3 heteroatoms. The molecule has 1 saturated carbocycles. The van der Waals surface area contributed by atoms with Crippen molar-refractivity contribution in [1.82, 2.24) is 4.90 Å². The lowest BCUT2D eigenvalue weighted by atomic mass is 9.88. The van der Waals surface area contributed by atoms with Crippen molar-refractivity contribution in [2.45, 2.75) is 84.2 Å². The molecule has 3 nitrogen and oxygen atoms in total. The lowest BCUT2D eigenvalue weighted by molar-refractivity contribution is -0.128. The molecular formula is C24H41NO2. The molecule has 0 unspecified atom stereocenters. The number of amides is 1. The maximum atomic E-state index is 11.7. The van der Waals surface area contributed by atoms with E-state index in [0.717, 1.165) is 44.4 Å². The number of carbonyl (C=O) groups excluding carboxylic acids is 1. The first-order valence-corrected chi connectivity index (χ1v) is 11.2. The Labute approximate surface area is 166 Å². The van der Waals surface area contributed by atoms with Gasteiger partial charge in [-0.15, -0.1) is 0 Å². The maximum absolute atomic E-state index is 11.7. The van der Waals surface area contributed by atoms with Gasteiger partial charge < -0.3 is 10.0 Å².